The van der Waals surface area contributed by atoms with E-state index in [1.807, 2.05) is 36.4 Å². The minimum absolute atomic E-state index is 0.256. The van der Waals surface area contributed by atoms with E-state index in [9.17, 15) is 9.90 Å². The molecule has 0 aromatic heterocycles. The largest absolute Gasteiger partial charge is 0.486 e. The van der Waals surface area contributed by atoms with Crippen LogP contribution in [0.1, 0.15) is 21.5 Å². The lowest BCUT2D eigenvalue weighted by Gasteiger charge is -2.35. The van der Waals surface area contributed by atoms with Crippen molar-refractivity contribution in [3.63, 3.8) is 0 Å². The summed E-state index contributed by atoms with van der Waals surface area (Å²) in [4.78, 5) is 14.7. The SMILES string of the molecule is O=C1c2ccccc2C(O)(c2ccccc2)N1c1ccc2c(c1)OCCO2. The van der Waals surface area contributed by atoms with Crippen molar-refractivity contribution in [2.45, 2.75) is 5.72 Å². The van der Waals surface area contributed by atoms with Gasteiger partial charge in [0.15, 0.2) is 17.2 Å². The summed E-state index contributed by atoms with van der Waals surface area (Å²) >= 11 is 0. The van der Waals surface area contributed by atoms with Crippen molar-refractivity contribution < 1.29 is 19.4 Å². The average molecular weight is 359 g/mol. The van der Waals surface area contributed by atoms with Gasteiger partial charge in [-0.2, -0.15) is 0 Å². The molecule has 2 aliphatic rings. The lowest BCUT2D eigenvalue weighted by atomic mass is 9.93. The third-order valence-corrected chi connectivity index (χ3v) is 5.02. The summed E-state index contributed by atoms with van der Waals surface area (Å²) in [5.41, 5.74) is 0.624. The monoisotopic (exact) mass is 359 g/mol. The lowest BCUT2D eigenvalue weighted by Crippen LogP contribution is -2.45. The lowest BCUT2D eigenvalue weighted by molar-refractivity contribution is 0.0702. The van der Waals surface area contributed by atoms with Crippen LogP contribution in [0, 0.1) is 0 Å². The normalized spacial score (nSPS) is 20.5. The van der Waals surface area contributed by atoms with Gasteiger partial charge in [-0.25, -0.2) is 0 Å². The number of nitrogens with zero attached hydrogens (tertiary/aromatic N) is 1. The molecule has 3 aromatic rings. The zero-order chi connectivity index (χ0) is 18.4. The van der Waals surface area contributed by atoms with Crippen LogP contribution in [0.25, 0.3) is 0 Å². The summed E-state index contributed by atoms with van der Waals surface area (Å²) in [6, 6.07) is 21.7. The third kappa shape index (κ3) is 2.25. The molecule has 0 fully saturated rings. The minimum Gasteiger partial charge on any atom is -0.486 e. The molecule has 0 aliphatic carbocycles. The van der Waals surface area contributed by atoms with Gasteiger partial charge in [-0.1, -0.05) is 48.5 Å². The molecule has 5 nitrogen and oxygen atoms in total. The smallest absolute Gasteiger partial charge is 0.261 e. The zero-order valence-electron chi connectivity index (χ0n) is 14.5. The number of fused-ring (bicyclic) bond motifs is 2. The fourth-order valence-electron chi connectivity index (χ4n) is 3.79. The summed E-state index contributed by atoms with van der Waals surface area (Å²) in [5, 5.41) is 11.8. The predicted octanol–water partition coefficient (Wildman–Crippen LogP) is 3.31. The van der Waals surface area contributed by atoms with E-state index < -0.39 is 5.72 Å². The number of hydrogen-bond donors (Lipinski definition) is 1. The summed E-state index contributed by atoms with van der Waals surface area (Å²) < 4.78 is 11.2. The average Bonchev–Trinajstić information content (AvgIpc) is 2.97. The van der Waals surface area contributed by atoms with Crippen molar-refractivity contribution in [1.29, 1.82) is 0 Å². The predicted molar refractivity (Wildman–Crippen MR) is 100 cm³/mol. The van der Waals surface area contributed by atoms with Gasteiger partial charge in [0.25, 0.3) is 5.91 Å². The van der Waals surface area contributed by atoms with E-state index in [1.54, 1.807) is 36.4 Å². The fraction of sp³-hybridized carbons (Fsp3) is 0.136. The molecule has 2 aliphatic heterocycles. The van der Waals surface area contributed by atoms with Crippen molar-refractivity contribution >= 4 is 11.6 Å². The number of benzene rings is 3. The van der Waals surface area contributed by atoms with Crippen molar-refractivity contribution in [3.05, 3.63) is 89.5 Å². The van der Waals surface area contributed by atoms with Gasteiger partial charge in [0, 0.05) is 22.8 Å². The van der Waals surface area contributed by atoms with Crippen LogP contribution in [0.5, 0.6) is 11.5 Å². The highest BCUT2D eigenvalue weighted by atomic mass is 16.6. The number of hydrogen-bond acceptors (Lipinski definition) is 4. The first kappa shape index (κ1) is 15.9. The summed E-state index contributed by atoms with van der Waals surface area (Å²) in [6.07, 6.45) is 0. The number of carbonyl (C=O) groups is 1. The minimum atomic E-state index is -1.60. The Bertz CT molecular complexity index is 1030. The fourth-order valence-corrected chi connectivity index (χ4v) is 3.79. The topological polar surface area (TPSA) is 59.0 Å². The van der Waals surface area contributed by atoms with Crippen LogP contribution < -0.4 is 14.4 Å². The Kier molecular flexibility index (Phi) is 3.45. The van der Waals surface area contributed by atoms with E-state index in [0.717, 1.165) is 0 Å². The first-order valence-electron chi connectivity index (χ1n) is 8.81. The van der Waals surface area contributed by atoms with Crippen molar-refractivity contribution in [3.8, 4) is 11.5 Å². The quantitative estimate of drug-likeness (QED) is 0.763. The van der Waals surface area contributed by atoms with Crippen LogP contribution in [0.15, 0.2) is 72.8 Å². The highest BCUT2D eigenvalue weighted by molar-refractivity contribution is 6.12. The molecule has 1 unspecified atom stereocenters. The number of amides is 1. The Morgan fingerprint density at radius 3 is 2.37 bits per heavy atom. The summed E-state index contributed by atoms with van der Waals surface area (Å²) in [6.45, 7) is 0.946. The van der Waals surface area contributed by atoms with Gasteiger partial charge >= 0.3 is 0 Å². The summed E-state index contributed by atoms with van der Waals surface area (Å²) in [7, 11) is 0. The summed E-state index contributed by atoms with van der Waals surface area (Å²) in [5.74, 6) is 0.948. The van der Waals surface area contributed by atoms with E-state index in [1.165, 1.54) is 4.90 Å². The molecule has 1 atom stereocenters. The van der Waals surface area contributed by atoms with Crippen LogP contribution >= 0.6 is 0 Å². The first-order chi connectivity index (χ1) is 13.2. The number of rotatable bonds is 2. The zero-order valence-corrected chi connectivity index (χ0v) is 14.5. The number of carbonyl (C=O) groups excluding carboxylic acids is 1. The second kappa shape index (κ2) is 5.86. The van der Waals surface area contributed by atoms with Gasteiger partial charge in [-0.05, 0) is 18.2 Å². The highest BCUT2D eigenvalue weighted by Gasteiger charge is 2.50. The number of ether oxygens (including phenoxy) is 2. The molecule has 5 heteroatoms. The molecule has 0 saturated heterocycles. The highest BCUT2D eigenvalue weighted by Crippen LogP contribution is 2.46. The van der Waals surface area contributed by atoms with Crippen LogP contribution in [0.3, 0.4) is 0 Å². The molecular weight excluding hydrogens is 342 g/mol. The maximum atomic E-state index is 13.2. The van der Waals surface area contributed by atoms with Gasteiger partial charge in [0.2, 0.25) is 0 Å². The van der Waals surface area contributed by atoms with Crippen molar-refractivity contribution in [2.24, 2.45) is 0 Å². The molecule has 0 radical (unpaired) electrons. The molecule has 5 rings (SSSR count). The standard InChI is InChI=1S/C22H17NO4/c24-21-17-8-4-5-9-18(17)22(25,15-6-2-1-3-7-15)23(21)16-10-11-19-20(14-16)27-13-12-26-19/h1-11,14,25H,12-13H2. The molecule has 0 spiro atoms. The molecule has 3 aromatic carbocycles. The Hall–Kier alpha value is -3.31. The second-order valence-electron chi connectivity index (χ2n) is 6.55. The Balaban J connectivity index is 1.72. The molecule has 134 valence electrons. The second-order valence-corrected chi connectivity index (χ2v) is 6.55. The molecule has 1 N–H and O–H groups in total. The maximum Gasteiger partial charge on any atom is 0.261 e. The van der Waals surface area contributed by atoms with Crippen LogP contribution in [-0.2, 0) is 5.72 Å². The Labute approximate surface area is 156 Å². The van der Waals surface area contributed by atoms with Gasteiger partial charge < -0.3 is 14.6 Å². The van der Waals surface area contributed by atoms with Crippen LogP contribution in [-0.4, -0.2) is 24.2 Å². The van der Waals surface area contributed by atoms with Gasteiger partial charge in [-0.3, -0.25) is 9.69 Å². The van der Waals surface area contributed by atoms with E-state index in [0.29, 0.717) is 47.1 Å². The first-order valence-corrected chi connectivity index (χ1v) is 8.81. The molecular formula is C22H17NO4. The number of anilines is 1. The van der Waals surface area contributed by atoms with E-state index >= 15 is 0 Å². The molecule has 0 bridgehead atoms. The maximum absolute atomic E-state index is 13.2. The van der Waals surface area contributed by atoms with E-state index in [4.69, 9.17) is 9.47 Å². The van der Waals surface area contributed by atoms with Gasteiger partial charge in [0.05, 0.1) is 5.69 Å². The van der Waals surface area contributed by atoms with Gasteiger partial charge in [0.1, 0.15) is 13.2 Å². The molecule has 27 heavy (non-hydrogen) atoms. The molecule has 2 heterocycles. The van der Waals surface area contributed by atoms with Crippen LogP contribution in [0.4, 0.5) is 5.69 Å². The number of aliphatic hydroxyl groups is 1. The van der Waals surface area contributed by atoms with Gasteiger partial charge in [-0.15, -0.1) is 0 Å². The molecule has 0 saturated carbocycles. The van der Waals surface area contributed by atoms with E-state index in [2.05, 4.69) is 0 Å². The van der Waals surface area contributed by atoms with Crippen LogP contribution in [0.2, 0.25) is 0 Å². The molecule has 1 amide bonds. The Morgan fingerprint density at radius 1 is 0.852 bits per heavy atom. The van der Waals surface area contributed by atoms with Crippen molar-refractivity contribution in [1.82, 2.24) is 0 Å². The van der Waals surface area contributed by atoms with Crippen molar-refractivity contribution in [2.75, 3.05) is 18.1 Å². The van der Waals surface area contributed by atoms with E-state index in [-0.39, 0.29) is 5.91 Å². The third-order valence-electron chi connectivity index (χ3n) is 5.02. The Morgan fingerprint density at radius 2 is 1.56 bits per heavy atom.